The summed E-state index contributed by atoms with van der Waals surface area (Å²) < 4.78 is 4.93. The predicted molar refractivity (Wildman–Crippen MR) is 69.8 cm³/mol. The molecular weight excluding hydrogens is 244 g/mol. The maximum absolute atomic E-state index is 11.8. The lowest BCUT2D eigenvalue weighted by Crippen LogP contribution is -2.30. The van der Waals surface area contributed by atoms with Crippen LogP contribution in [0.25, 0.3) is 6.08 Å². The van der Waals surface area contributed by atoms with Gasteiger partial charge in [-0.2, -0.15) is 0 Å². The molecule has 2 rings (SSSR count). The molecule has 0 aliphatic carbocycles. The molecule has 0 radical (unpaired) electrons. The average molecular weight is 256 g/mol. The van der Waals surface area contributed by atoms with Gasteiger partial charge in [0, 0.05) is 0 Å². The Morgan fingerprint density at radius 1 is 1.11 bits per heavy atom. The number of amides is 2. The van der Waals surface area contributed by atoms with Crippen molar-refractivity contribution in [2.75, 3.05) is 0 Å². The van der Waals surface area contributed by atoms with E-state index in [4.69, 9.17) is 10.2 Å². The van der Waals surface area contributed by atoms with Crippen LogP contribution in [-0.4, -0.2) is 11.8 Å². The molecule has 0 fully saturated rings. The van der Waals surface area contributed by atoms with Crippen molar-refractivity contribution in [2.24, 2.45) is 5.73 Å². The summed E-state index contributed by atoms with van der Waals surface area (Å²) in [6.07, 6.45) is 2.88. The largest absolute Gasteiger partial charge is 0.459 e. The Morgan fingerprint density at radius 3 is 2.42 bits per heavy atom. The highest BCUT2D eigenvalue weighted by Gasteiger charge is 2.13. The number of furan rings is 1. The second kappa shape index (κ2) is 5.68. The maximum atomic E-state index is 11.8. The van der Waals surface area contributed by atoms with E-state index < -0.39 is 11.8 Å². The number of rotatable bonds is 4. The second-order valence-electron chi connectivity index (χ2n) is 3.76. The summed E-state index contributed by atoms with van der Waals surface area (Å²) >= 11 is 0. The Morgan fingerprint density at radius 2 is 1.84 bits per heavy atom. The Labute approximate surface area is 109 Å². The van der Waals surface area contributed by atoms with Crippen molar-refractivity contribution in [1.29, 1.82) is 0 Å². The third-order valence-electron chi connectivity index (χ3n) is 2.37. The van der Waals surface area contributed by atoms with Gasteiger partial charge in [-0.3, -0.25) is 9.59 Å². The zero-order chi connectivity index (χ0) is 13.7. The fourth-order valence-corrected chi connectivity index (χ4v) is 1.48. The molecule has 3 N–H and O–H groups in total. The first-order valence-electron chi connectivity index (χ1n) is 5.58. The van der Waals surface area contributed by atoms with Gasteiger partial charge in [-0.1, -0.05) is 30.3 Å². The van der Waals surface area contributed by atoms with Crippen molar-refractivity contribution in [3.8, 4) is 0 Å². The van der Waals surface area contributed by atoms with Gasteiger partial charge in [0.1, 0.15) is 5.70 Å². The fraction of sp³-hybridized carbons (Fsp3) is 0. The number of primary amides is 1. The van der Waals surface area contributed by atoms with E-state index in [0.29, 0.717) is 0 Å². The first-order chi connectivity index (χ1) is 9.16. The minimum absolute atomic E-state index is 0.00704. The molecule has 0 saturated carbocycles. The standard InChI is InChI=1S/C14H12N2O3/c15-13(17)11(9-10-5-2-1-3-6-10)16-14(18)12-7-4-8-19-12/h1-9H,(H2,15,17)(H,16,18). The Bertz CT molecular complexity index is 601. The van der Waals surface area contributed by atoms with E-state index in [1.165, 1.54) is 18.4 Å². The first-order valence-corrected chi connectivity index (χ1v) is 5.58. The van der Waals surface area contributed by atoms with Crippen molar-refractivity contribution in [3.63, 3.8) is 0 Å². The van der Waals surface area contributed by atoms with E-state index in [0.717, 1.165) is 5.56 Å². The molecule has 0 spiro atoms. The zero-order valence-corrected chi connectivity index (χ0v) is 10.00. The van der Waals surface area contributed by atoms with Gasteiger partial charge in [-0.15, -0.1) is 0 Å². The van der Waals surface area contributed by atoms with Gasteiger partial charge in [0.15, 0.2) is 5.76 Å². The third kappa shape index (κ3) is 3.32. The quantitative estimate of drug-likeness (QED) is 0.813. The van der Waals surface area contributed by atoms with Gasteiger partial charge in [0.25, 0.3) is 11.8 Å². The fourth-order valence-electron chi connectivity index (χ4n) is 1.48. The van der Waals surface area contributed by atoms with Gasteiger partial charge in [0.05, 0.1) is 6.26 Å². The van der Waals surface area contributed by atoms with E-state index in [-0.39, 0.29) is 11.5 Å². The van der Waals surface area contributed by atoms with Gasteiger partial charge < -0.3 is 15.5 Å². The van der Waals surface area contributed by atoms with E-state index in [1.807, 2.05) is 18.2 Å². The molecule has 0 unspecified atom stereocenters. The molecule has 5 nitrogen and oxygen atoms in total. The number of hydrogen-bond acceptors (Lipinski definition) is 3. The normalized spacial score (nSPS) is 11.1. The van der Waals surface area contributed by atoms with Crippen LogP contribution in [0.2, 0.25) is 0 Å². The van der Waals surface area contributed by atoms with Crippen molar-refractivity contribution < 1.29 is 14.0 Å². The molecule has 0 aliphatic heterocycles. The summed E-state index contributed by atoms with van der Waals surface area (Å²) in [4.78, 5) is 23.1. The molecule has 2 aromatic rings. The number of benzene rings is 1. The van der Waals surface area contributed by atoms with E-state index in [1.54, 1.807) is 18.2 Å². The number of carbonyl (C=O) groups is 2. The smallest absolute Gasteiger partial charge is 0.291 e. The van der Waals surface area contributed by atoms with Crippen molar-refractivity contribution in [2.45, 2.75) is 0 Å². The molecular formula is C14H12N2O3. The highest BCUT2D eigenvalue weighted by Crippen LogP contribution is 2.06. The molecule has 0 aliphatic rings. The van der Waals surface area contributed by atoms with Gasteiger partial charge in [-0.25, -0.2) is 0 Å². The van der Waals surface area contributed by atoms with Gasteiger partial charge in [0.2, 0.25) is 0 Å². The van der Waals surface area contributed by atoms with E-state index in [9.17, 15) is 9.59 Å². The number of carbonyl (C=O) groups excluding carboxylic acids is 2. The minimum atomic E-state index is -0.719. The van der Waals surface area contributed by atoms with Crippen LogP contribution in [-0.2, 0) is 4.79 Å². The molecule has 2 amide bonds. The van der Waals surface area contributed by atoms with Crippen molar-refractivity contribution in [3.05, 3.63) is 65.7 Å². The topological polar surface area (TPSA) is 85.3 Å². The maximum Gasteiger partial charge on any atom is 0.291 e. The monoisotopic (exact) mass is 256 g/mol. The summed E-state index contributed by atoms with van der Waals surface area (Å²) in [7, 11) is 0. The molecule has 1 aromatic heterocycles. The summed E-state index contributed by atoms with van der Waals surface area (Å²) in [5.74, 6) is -1.13. The van der Waals surface area contributed by atoms with Crippen LogP contribution < -0.4 is 11.1 Å². The Hall–Kier alpha value is -2.82. The van der Waals surface area contributed by atoms with Crippen LogP contribution in [0.1, 0.15) is 16.1 Å². The van der Waals surface area contributed by atoms with Crippen LogP contribution in [0.3, 0.4) is 0 Å². The lowest BCUT2D eigenvalue weighted by molar-refractivity contribution is -0.114. The Kier molecular flexibility index (Phi) is 3.78. The number of hydrogen-bond donors (Lipinski definition) is 2. The van der Waals surface area contributed by atoms with Crippen LogP contribution in [0.15, 0.2) is 58.8 Å². The lowest BCUT2D eigenvalue weighted by Gasteiger charge is -2.05. The molecule has 0 bridgehead atoms. The van der Waals surface area contributed by atoms with Crippen molar-refractivity contribution in [1.82, 2.24) is 5.32 Å². The number of nitrogens with one attached hydrogen (secondary N) is 1. The van der Waals surface area contributed by atoms with Crippen LogP contribution >= 0.6 is 0 Å². The summed E-state index contributed by atoms with van der Waals surface area (Å²) in [6, 6.07) is 12.2. The minimum Gasteiger partial charge on any atom is -0.459 e. The molecule has 1 aromatic carbocycles. The van der Waals surface area contributed by atoms with Gasteiger partial charge >= 0.3 is 0 Å². The average Bonchev–Trinajstić information content (AvgIpc) is 2.93. The highest BCUT2D eigenvalue weighted by atomic mass is 16.3. The lowest BCUT2D eigenvalue weighted by atomic mass is 10.2. The number of nitrogens with two attached hydrogens (primary N) is 1. The predicted octanol–water partition coefficient (Wildman–Crippen LogP) is 1.54. The molecule has 5 heteroatoms. The van der Waals surface area contributed by atoms with Gasteiger partial charge in [-0.05, 0) is 23.8 Å². The Balaban J connectivity index is 2.20. The summed E-state index contributed by atoms with van der Waals surface area (Å²) in [6.45, 7) is 0. The van der Waals surface area contributed by atoms with E-state index >= 15 is 0 Å². The van der Waals surface area contributed by atoms with Crippen LogP contribution in [0, 0.1) is 0 Å². The molecule has 0 atom stereocenters. The van der Waals surface area contributed by atoms with Crippen molar-refractivity contribution >= 4 is 17.9 Å². The second-order valence-corrected chi connectivity index (χ2v) is 3.76. The van der Waals surface area contributed by atoms with Crippen LogP contribution in [0.5, 0.6) is 0 Å². The van der Waals surface area contributed by atoms with E-state index in [2.05, 4.69) is 5.32 Å². The summed E-state index contributed by atoms with van der Waals surface area (Å²) in [5.41, 5.74) is 6.00. The zero-order valence-electron chi connectivity index (χ0n) is 10.00. The van der Waals surface area contributed by atoms with Crippen LogP contribution in [0.4, 0.5) is 0 Å². The molecule has 0 saturated heterocycles. The first kappa shape index (κ1) is 12.6. The SMILES string of the molecule is NC(=O)C(=Cc1ccccc1)NC(=O)c1ccco1. The molecule has 1 heterocycles. The molecule has 96 valence electrons. The molecule has 19 heavy (non-hydrogen) atoms. The summed E-state index contributed by atoms with van der Waals surface area (Å²) in [5, 5.41) is 2.42. The highest BCUT2D eigenvalue weighted by molar-refractivity contribution is 6.03. The third-order valence-corrected chi connectivity index (χ3v) is 2.37.